The SMILES string of the molecule is Cc1ccc(CSCC(=O)NCC2COc3ccccc3O2)cc1. The first kappa shape index (κ1) is 16.7. The van der Waals surface area contributed by atoms with Crippen molar-refractivity contribution in [3.8, 4) is 11.5 Å². The minimum atomic E-state index is -0.147. The number of nitrogens with one attached hydrogen (secondary N) is 1. The first-order valence-electron chi connectivity index (χ1n) is 7.99. The Hall–Kier alpha value is -2.14. The second-order valence-corrected chi connectivity index (χ2v) is 6.77. The number of carbonyl (C=O) groups is 1. The molecular formula is C19H21NO3S. The predicted molar refractivity (Wildman–Crippen MR) is 96.7 cm³/mol. The maximum absolute atomic E-state index is 11.9. The molecule has 1 unspecified atom stereocenters. The molecule has 0 saturated carbocycles. The van der Waals surface area contributed by atoms with Crippen LogP contribution in [-0.4, -0.2) is 30.9 Å². The van der Waals surface area contributed by atoms with E-state index in [2.05, 4.69) is 36.5 Å². The number of ether oxygens (including phenoxy) is 2. The van der Waals surface area contributed by atoms with Crippen LogP contribution in [0.5, 0.6) is 11.5 Å². The van der Waals surface area contributed by atoms with Gasteiger partial charge in [0.25, 0.3) is 0 Å². The van der Waals surface area contributed by atoms with Gasteiger partial charge in [0.15, 0.2) is 11.5 Å². The van der Waals surface area contributed by atoms with E-state index in [1.54, 1.807) is 11.8 Å². The van der Waals surface area contributed by atoms with Crippen LogP contribution < -0.4 is 14.8 Å². The van der Waals surface area contributed by atoms with Crippen LogP contribution >= 0.6 is 11.8 Å². The normalized spacial score (nSPS) is 15.8. The third-order valence-electron chi connectivity index (χ3n) is 3.72. The lowest BCUT2D eigenvalue weighted by Gasteiger charge is -2.26. The molecule has 2 aromatic rings. The van der Waals surface area contributed by atoms with Crippen molar-refractivity contribution in [2.45, 2.75) is 18.8 Å². The van der Waals surface area contributed by atoms with E-state index in [9.17, 15) is 4.79 Å². The highest BCUT2D eigenvalue weighted by Gasteiger charge is 2.20. The maximum atomic E-state index is 11.9. The van der Waals surface area contributed by atoms with Crippen LogP contribution in [0.3, 0.4) is 0 Å². The minimum Gasteiger partial charge on any atom is -0.486 e. The van der Waals surface area contributed by atoms with Gasteiger partial charge in [-0.15, -0.1) is 11.8 Å². The molecule has 1 aliphatic rings. The molecule has 0 fully saturated rings. The molecule has 1 heterocycles. The molecule has 5 heteroatoms. The third-order valence-corrected chi connectivity index (χ3v) is 4.72. The molecule has 1 atom stereocenters. The molecule has 0 aliphatic carbocycles. The van der Waals surface area contributed by atoms with Crippen LogP contribution in [0.1, 0.15) is 11.1 Å². The standard InChI is InChI=1S/C19H21NO3S/c1-14-6-8-15(9-7-14)12-24-13-19(21)20-10-16-11-22-17-4-2-3-5-18(17)23-16/h2-9,16H,10-13H2,1H3,(H,20,21). The van der Waals surface area contributed by atoms with Gasteiger partial charge < -0.3 is 14.8 Å². The molecule has 0 aromatic heterocycles. The summed E-state index contributed by atoms with van der Waals surface area (Å²) >= 11 is 1.61. The minimum absolute atomic E-state index is 0.0228. The van der Waals surface area contributed by atoms with Gasteiger partial charge in [0.2, 0.25) is 5.91 Å². The lowest BCUT2D eigenvalue weighted by molar-refractivity contribution is -0.119. The van der Waals surface area contributed by atoms with Gasteiger partial charge in [-0.3, -0.25) is 4.79 Å². The Kier molecular flexibility index (Phi) is 5.64. The van der Waals surface area contributed by atoms with E-state index in [1.807, 2.05) is 24.3 Å². The summed E-state index contributed by atoms with van der Waals surface area (Å²) in [5, 5.41) is 2.91. The van der Waals surface area contributed by atoms with Gasteiger partial charge in [0, 0.05) is 5.75 Å². The zero-order valence-corrected chi connectivity index (χ0v) is 14.5. The number of benzene rings is 2. The number of fused-ring (bicyclic) bond motifs is 1. The molecule has 4 nitrogen and oxygen atoms in total. The van der Waals surface area contributed by atoms with Gasteiger partial charge in [-0.05, 0) is 24.6 Å². The van der Waals surface area contributed by atoms with E-state index in [-0.39, 0.29) is 12.0 Å². The average Bonchev–Trinajstić information content (AvgIpc) is 2.61. The predicted octanol–water partition coefficient (Wildman–Crippen LogP) is 3.18. The number of hydrogen-bond donors (Lipinski definition) is 1. The third kappa shape index (κ3) is 4.68. The van der Waals surface area contributed by atoms with Crippen molar-refractivity contribution < 1.29 is 14.3 Å². The van der Waals surface area contributed by atoms with Gasteiger partial charge in [-0.2, -0.15) is 0 Å². The lowest BCUT2D eigenvalue weighted by Crippen LogP contribution is -2.41. The second-order valence-electron chi connectivity index (χ2n) is 5.78. The molecule has 24 heavy (non-hydrogen) atoms. The van der Waals surface area contributed by atoms with Crippen LogP contribution in [0.25, 0.3) is 0 Å². The van der Waals surface area contributed by atoms with Crippen molar-refractivity contribution in [2.24, 2.45) is 0 Å². The summed E-state index contributed by atoms with van der Waals surface area (Å²) in [5.74, 6) is 2.79. The van der Waals surface area contributed by atoms with E-state index < -0.39 is 0 Å². The molecule has 0 bridgehead atoms. The van der Waals surface area contributed by atoms with Crippen molar-refractivity contribution in [2.75, 3.05) is 18.9 Å². The van der Waals surface area contributed by atoms with Crippen molar-refractivity contribution in [1.29, 1.82) is 0 Å². The lowest BCUT2D eigenvalue weighted by atomic mass is 10.2. The van der Waals surface area contributed by atoms with Gasteiger partial charge >= 0.3 is 0 Å². The molecule has 2 aromatic carbocycles. The Morgan fingerprint density at radius 2 is 1.92 bits per heavy atom. The molecule has 0 spiro atoms. The average molecular weight is 343 g/mol. The number of aryl methyl sites for hydroxylation is 1. The van der Waals surface area contributed by atoms with Crippen LogP contribution in [0.15, 0.2) is 48.5 Å². The number of amides is 1. The highest BCUT2D eigenvalue weighted by Crippen LogP contribution is 2.30. The zero-order valence-electron chi connectivity index (χ0n) is 13.7. The van der Waals surface area contributed by atoms with Crippen molar-refractivity contribution >= 4 is 17.7 Å². The highest BCUT2D eigenvalue weighted by atomic mass is 32.2. The summed E-state index contributed by atoms with van der Waals surface area (Å²) in [6.07, 6.45) is -0.147. The quantitative estimate of drug-likeness (QED) is 0.875. The Bertz CT molecular complexity index is 687. The Labute approximate surface area is 146 Å². The summed E-state index contributed by atoms with van der Waals surface area (Å²) < 4.78 is 11.5. The topological polar surface area (TPSA) is 47.6 Å². The van der Waals surface area contributed by atoms with Crippen molar-refractivity contribution in [3.05, 3.63) is 59.7 Å². The Morgan fingerprint density at radius 1 is 1.17 bits per heavy atom. The van der Waals surface area contributed by atoms with E-state index in [0.29, 0.717) is 18.9 Å². The molecule has 0 saturated heterocycles. The van der Waals surface area contributed by atoms with Crippen LogP contribution in [0.4, 0.5) is 0 Å². The van der Waals surface area contributed by atoms with Gasteiger partial charge in [0.1, 0.15) is 12.7 Å². The Balaban J connectivity index is 1.36. The number of thioether (sulfide) groups is 1. The highest BCUT2D eigenvalue weighted by molar-refractivity contribution is 7.99. The summed E-state index contributed by atoms with van der Waals surface area (Å²) in [7, 11) is 0. The van der Waals surface area contributed by atoms with E-state index in [0.717, 1.165) is 17.3 Å². The summed E-state index contributed by atoms with van der Waals surface area (Å²) in [6, 6.07) is 16.0. The molecule has 0 radical (unpaired) electrons. The number of hydrogen-bond acceptors (Lipinski definition) is 4. The van der Waals surface area contributed by atoms with Crippen molar-refractivity contribution in [1.82, 2.24) is 5.32 Å². The van der Waals surface area contributed by atoms with E-state index >= 15 is 0 Å². The van der Waals surface area contributed by atoms with Crippen molar-refractivity contribution in [3.63, 3.8) is 0 Å². The first-order chi connectivity index (χ1) is 11.7. The molecule has 3 rings (SSSR count). The van der Waals surface area contributed by atoms with E-state index in [1.165, 1.54) is 11.1 Å². The molecule has 1 amide bonds. The smallest absolute Gasteiger partial charge is 0.230 e. The monoisotopic (exact) mass is 343 g/mol. The largest absolute Gasteiger partial charge is 0.486 e. The summed E-state index contributed by atoms with van der Waals surface area (Å²) in [5.41, 5.74) is 2.48. The van der Waals surface area contributed by atoms with Gasteiger partial charge in [0.05, 0.1) is 12.3 Å². The molecular weight excluding hydrogens is 322 g/mol. The first-order valence-corrected chi connectivity index (χ1v) is 9.14. The number of para-hydroxylation sites is 2. The second kappa shape index (κ2) is 8.11. The molecule has 1 N–H and O–H groups in total. The summed E-state index contributed by atoms with van der Waals surface area (Å²) in [6.45, 7) is 2.98. The van der Waals surface area contributed by atoms with Gasteiger partial charge in [-0.1, -0.05) is 42.0 Å². The number of carbonyl (C=O) groups excluding carboxylic acids is 1. The van der Waals surface area contributed by atoms with Gasteiger partial charge in [-0.25, -0.2) is 0 Å². The maximum Gasteiger partial charge on any atom is 0.230 e. The summed E-state index contributed by atoms with van der Waals surface area (Å²) in [4.78, 5) is 11.9. The molecule has 126 valence electrons. The van der Waals surface area contributed by atoms with Crippen LogP contribution in [-0.2, 0) is 10.5 Å². The fraction of sp³-hybridized carbons (Fsp3) is 0.316. The molecule has 1 aliphatic heterocycles. The fourth-order valence-electron chi connectivity index (χ4n) is 2.39. The van der Waals surface area contributed by atoms with E-state index in [4.69, 9.17) is 9.47 Å². The van der Waals surface area contributed by atoms with Crippen LogP contribution in [0.2, 0.25) is 0 Å². The zero-order chi connectivity index (χ0) is 16.8. The number of rotatable bonds is 6. The Morgan fingerprint density at radius 3 is 2.71 bits per heavy atom. The fourth-order valence-corrected chi connectivity index (χ4v) is 3.21. The van der Waals surface area contributed by atoms with Crippen LogP contribution in [0, 0.1) is 6.92 Å².